The van der Waals surface area contributed by atoms with E-state index in [0.717, 1.165) is 36.5 Å². The van der Waals surface area contributed by atoms with Gasteiger partial charge in [0, 0.05) is 23.7 Å². The average Bonchev–Trinajstić information content (AvgIpc) is 3.12. The van der Waals surface area contributed by atoms with E-state index in [1.807, 2.05) is 24.3 Å². The Bertz CT molecular complexity index is 558. The molecule has 0 aliphatic carbocycles. The van der Waals surface area contributed by atoms with Crippen LogP contribution in [-0.2, 0) is 4.79 Å². The van der Waals surface area contributed by atoms with Crippen LogP contribution >= 0.6 is 0 Å². The summed E-state index contributed by atoms with van der Waals surface area (Å²) in [5.74, 6) is 0.773. The molecule has 0 bridgehead atoms. The van der Waals surface area contributed by atoms with Gasteiger partial charge in [0.15, 0.2) is 5.82 Å². The molecule has 1 amide bonds. The average molecular weight is 271 g/mol. The van der Waals surface area contributed by atoms with Gasteiger partial charge in [-0.15, -0.1) is 0 Å². The summed E-state index contributed by atoms with van der Waals surface area (Å²) in [5.41, 5.74) is 1.74. The van der Waals surface area contributed by atoms with Gasteiger partial charge in [-0.25, -0.2) is 4.98 Å². The number of aromatic nitrogens is 3. The van der Waals surface area contributed by atoms with Crippen molar-refractivity contribution < 1.29 is 4.79 Å². The van der Waals surface area contributed by atoms with Gasteiger partial charge < -0.3 is 10.6 Å². The summed E-state index contributed by atoms with van der Waals surface area (Å²) < 4.78 is 0. The van der Waals surface area contributed by atoms with Gasteiger partial charge in [-0.1, -0.05) is 0 Å². The number of carbonyl (C=O) groups is 1. The van der Waals surface area contributed by atoms with Gasteiger partial charge in [-0.05, 0) is 43.7 Å². The van der Waals surface area contributed by atoms with Gasteiger partial charge >= 0.3 is 0 Å². The first-order chi connectivity index (χ1) is 9.81. The largest absolute Gasteiger partial charge is 0.326 e. The zero-order chi connectivity index (χ0) is 13.8. The van der Waals surface area contributed by atoms with Gasteiger partial charge in [-0.3, -0.25) is 9.89 Å². The molecule has 1 aliphatic rings. The maximum Gasteiger partial charge on any atom is 0.225 e. The lowest BCUT2D eigenvalue weighted by Crippen LogP contribution is -2.27. The minimum absolute atomic E-state index is 0.0526. The van der Waals surface area contributed by atoms with Gasteiger partial charge in [0.05, 0.1) is 0 Å². The molecule has 1 atom stereocenters. The first-order valence-corrected chi connectivity index (χ1v) is 6.80. The van der Waals surface area contributed by atoms with Crippen LogP contribution in [0, 0.1) is 0 Å². The molecule has 104 valence electrons. The standard InChI is InChI=1S/C14H17N5O/c20-13(8-12-2-1-7-15-12)18-11-5-3-10(4-6-11)14-16-9-17-19-14/h3-6,9,12,15H,1-2,7-8H2,(H,18,20)(H,16,17,19). The summed E-state index contributed by atoms with van der Waals surface area (Å²) in [5, 5.41) is 12.9. The number of amides is 1. The van der Waals surface area contributed by atoms with Crippen LogP contribution in [0.5, 0.6) is 0 Å². The van der Waals surface area contributed by atoms with Crippen molar-refractivity contribution in [2.45, 2.75) is 25.3 Å². The number of benzene rings is 1. The summed E-state index contributed by atoms with van der Waals surface area (Å²) in [6, 6.07) is 7.88. The minimum atomic E-state index is 0.0526. The van der Waals surface area contributed by atoms with Crippen molar-refractivity contribution in [1.29, 1.82) is 0 Å². The highest BCUT2D eigenvalue weighted by Crippen LogP contribution is 2.17. The predicted molar refractivity (Wildman–Crippen MR) is 76.1 cm³/mol. The summed E-state index contributed by atoms with van der Waals surface area (Å²) in [6.07, 6.45) is 4.24. The molecular formula is C14H17N5O. The normalized spacial score (nSPS) is 18.1. The molecule has 6 heteroatoms. The van der Waals surface area contributed by atoms with Crippen molar-refractivity contribution in [3.8, 4) is 11.4 Å². The van der Waals surface area contributed by atoms with Crippen LogP contribution in [0.1, 0.15) is 19.3 Å². The van der Waals surface area contributed by atoms with Crippen molar-refractivity contribution in [2.75, 3.05) is 11.9 Å². The van der Waals surface area contributed by atoms with Crippen LogP contribution in [0.3, 0.4) is 0 Å². The smallest absolute Gasteiger partial charge is 0.225 e. The Hall–Kier alpha value is -2.21. The van der Waals surface area contributed by atoms with Gasteiger partial charge in [0.1, 0.15) is 6.33 Å². The molecule has 1 saturated heterocycles. The molecule has 2 heterocycles. The van der Waals surface area contributed by atoms with E-state index in [-0.39, 0.29) is 5.91 Å². The van der Waals surface area contributed by atoms with Crippen molar-refractivity contribution in [1.82, 2.24) is 20.5 Å². The second-order valence-corrected chi connectivity index (χ2v) is 4.96. The molecule has 0 radical (unpaired) electrons. The number of nitrogens with zero attached hydrogens (tertiary/aromatic N) is 2. The molecule has 1 aromatic carbocycles. The van der Waals surface area contributed by atoms with Gasteiger partial charge in [-0.2, -0.15) is 5.10 Å². The first kappa shape index (κ1) is 12.8. The number of H-pyrrole nitrogens is 1. The Morgan fingerprint density at radius 3 is 2.85 bits per heavy atom. The molecule has 1 unspecified atom stereocenters. The molecule has 1 fully saturated rings. The fourth-order valence-corrected chi connectivity index (χ4v) is 2.42. The van der Waals surface area contributed by atoms with E-state index in [1.54, 1.807) is 0 Å². The molecular weight excluding hydrogens is 254 g/mol. The maximum absolute atomic E-state index is 11.9. The third-order valence-electron chi connectivity index (χ3n) is 3.45. The molecule has 20 heavy (non-hydrogen) atoms. The summed E-state index contributed by atoms with van der Waals surface area (Å²) in [7, 11) is 0. The Kier molecular flexibility index (Phi) is 3.73. The number of anilines is 1. The van der Waals surface area contributed by atoms with Gasteiger partial charge in [0.25, 0.3) is 0 Å². The second kappa shape index (κ2) is 5.83. The van der Waals surface area contributed by atoms with E-state index in [4.69, 9.17) is 0 Å². The molecule has 2 aromatic rings. The van der Waals surface area contributed by atoms with Crippen LogP contribution < -0.4 is 10.6 Å². The number of aromatic amines is 1. The van der Waals surface area contributed by atoms with Crippen LogP contribution in [0.15, 0.2) is 30.6 Å². The molecule has 6 nitrogen and oxygen atoms in total. The molecule has 3 rings (SSSR count). The Labute approximate surface area is 117 Å². The zero-order valence-electron chi connectivity index (χ0n) is 11.1. The summed E-state index contributed by atoms with van der Waals surface area (Å²) in [4.78, 5) is 16.0. The van der Waals surface area contributed by atoms with Crippen LogP contribution in [-0.4, -0.2) is 33.7 Å². The summed E-state index contributed by atoms with van der Waals surface area (Å²) in [6.45, 7) is 1.02. The molecule has 0 saturated carbocycles. The second-order valence-electron chi connectivity index (χ2n) is 4.96. The third-order valence-corrected chi connectivity index (χ3v) is 3.45. The van der Waals surface area contributed by atoms with E-state index in [2.05, 4.69) is 25.8 Å². The Balaban J connectivity index is 1.59. The molecule has 1 aliphatic heterocycles. The van der Waals surface area contributed by atoms with Crippen molar-refractivity contribution in [3.05, 3.63) is 30.6 Å². The van der Waals surface area contributed by atoms with E-state index in [1.165, 1.54) is 6.33 Å². The first-order valence-electron chi connectivity index (χ1n) is 6.80. The third kappa shape index (κ3) is 3.03. The van der Waals surface area contributed by atoms with E-state index >= 15 is 0 Å². The van der Waals surface area contributed by atoms with E-state index in [0.29, 0.717) is 12.5 Å². The monoisotopic (exact) mass is 271 g/mol. The van der Waals surface area contributed by atoms with Crippen LogP contribution in [0.25, 0.3) is 11.4 Å². The lowest BCUT2D eigenvalue weighted by molar-refractivity contribution is -0.116. The van der Waals surface area contributed by atoms with Crippen molar-refractivity contribution in [2.24, 2.45) is 0 Å². The van der Waals surface area contributed by atoms with Crippen LogP contribution in [0.4, 0.5) is 5.69 Å². The zero-order valence-corrected chi connectivity index (χ0v) is 11.1. The quantitative estimate of drug-likeness (QED) is 0.788. The topological polar surface area (TPSA) is 82.7 Å². The number of hydrogen-bond acceptors (Lipinski definition) is 4. The fraction of sp³-hybridized carbons (Fsp3) is 0.357. The fourth-order valence-electron chi connectivity index (χ4n) is 2.42. The number of carbonyl (C=O) groups excluding carboxylic acids is 1. The lowest BCUT2D eigenvalue weighted by atomic mass is 10.1. The van der Waals surface area contributed by atoms with Crippen molar-refractivity contribution in [3.63, 3.8) is 0 Å². The molecule has 0 spiro atoms. The highest BCUT2D eigenvalue weighted by molar-refractivity contribution is 5.91. The highest BCUT2D eigenvalue weighted by Gasteiger charge is 2.17. The predicted octanol–water partition coefficient (Wildman–Crippen LogP) is 1.55. The Morgan fingerprint density at radius 1 is 1.35 bits per heavy atom. The Morgan fingerprint density at radius 2 is 2.20 bits per heavy atom. The lowest BCUT2D eigenvalue weighted by Gasteiger charge is -2.10. The molecule has 1 aromatic heterocycles. The van der Waals surface area contributed by atoms with Crippen molar-refractivity contribution >= 4 is 11.6 Å². The van der Waals surface area contributed by atoms with Crippen LogP contribution in [0.2, 0.25) is 0 Å². The maximum atomic E-state index is 11.9. The SMILES string of the molecule is O=C(CC1CCCN1)Nc1ccc(-c2ncn[nH]2)cc1. The summed E-state index contributed by atoms with van der Waals surface area (Å²) >= 11 is 0. The van der Waals surface area contributed by atoms with Gasteiger partial charge in [0.2, 0.25) is 5.91 Å². The number of hydrogen-bond donors (Lipinski definition) is 3. The highest BCUT2D eigenvalue weighted by atomic mass is 16.1. The number of nitrogens with one attached hydrogen (secondary N) is 3. The molecule has 3 N–H and O–H groups in total. The number of rotatable bonds is 4. The van der Waals surface area contributed by atoms with E-state index < -0.39 is 0 Å². The van der Waals surface area contributed by atoms with E-state index in [9.17, 15) is 4.79 Å². The minimum Gasteiger partial charge on any atom is -0.326 e.